The van der Waals surface area contributed by atoms with Gasteiger partial charge in [-0.05, 0) is 46.2 Å². The summed E-state index contributed by atoms with van der Waals surface area (Å²) in [7, 11) is -0.691. The molecule has 104 valence electrons. The second-order valence-corrected chi connectivity index (χ2v) is 6.16. The van der Waals surface area contributed by atoms with Crippen LogP contribution in [0, 0.1) is 5.82 Å². The predicted octanol–water partition coefficient (Wildman–Crippen LogP) is 2.14. The van der Waals surface area contributed by atoms with E-state index in [2.05, 4.69) is 0 Å². The molecule has 1 aliphatic rings. The lowest BCUT2D eigenvalue weighted by Gasteiger charge is -2.32. The number of halogens is 1. The maximum atomic E-state index is 14.0. The molecular weight excluding hydrogens is 244 g/mol. The Labute approximate surface area is 114 Å². The summed E-state index contributed by atoms with van der Waals surface area (Å²) in [5.74, 6) is -0.331. The molecule has 0 saturated carbocycles. The van der Waals surface area contributed by atoms with E-state index in [1.54, 1.807) is 12.1 Å². The quantitative estimate of drug-likeness (QED) is 0.833. The van der Waals surface area contributed by atoms with E-state index in [1.165, 1.54) is 6.07 Å². The maximum absolute atomic E-state index is 14.0. The lowest BCUT2D eigenvalue weighted by Crippen LogP contribution is -2.41. The van der Waals surface area contributed by atoms with Crippen molar-refractivity contribution in [3.8, 4) is 0 Å². The van der Waals surface area contributed by atoms with E-state index < -0.39 is 18.3 Å². The van der Waals surface area contributed by atoms with Crippen molar-refractivity contribution in [3.63, 3.8) is 0 Å². The molecular formula is C14H21BFNO2. The number of nitrogens with two attached hydrogens (primary N) is 1. The average Bonchev–Trinajstić information content (AvgIpc) is 2.48. The first-order chi connectivity index (χ1) is 8.64. The van der Waals surface area contributed by atoms with E-state index in [0.717, 1.165) is 5.56 Å². The van der Waals surface area contributed by atoms with Crippen LogP contribution in [-0.2, 0) is 9.31 Å². The summed E-state index contributed by atoms with van der Waals surface area (Å²) in [6, 6.07) is 4.68. The number of hydrogen-bond donors (Lipinski definition) is 1. The van der Waals surface area contributed by atoms with Crippen LogP contribution >= 0.6 is 0 Å². The van der Waals surface area contributed by atoms with Gasteiger partial charge >= 0.3 is 7.12 Å². The lowest BCUT2D eigenvalue weighted by molar-refractivity contribution is 0.00578. The van der Waals surface area contributed by atoms with Crippen LogP contribution in [0.5, 0.6) is 0 Å². The summed E-state index contributed by atoms with van der Waals surface area (Å²) in [6.45, 7) is 9.64. The van der Waals surface area contributed by atoms with E-state index in [0.29, 0.717) is 5.46 Å². The Morgan fingerprint density at radius 2 is 1.68 bits per heavy atom. The van der Waals surface area contributed by atoms with Crippen molar-refractivity contribution >= 4 is 12.6 Å². The molecule has 1 aromatic rings. The first-order valence-electron chi connectivity index (χ1n) is 6.54. The summed E-state index contributed by atoms with van der Waals surface area (Å²) >= 11 is 0. The third-order valence-electron chi connectivity index (χ3n) is 4.05. The third kappa shape index (κ3) is 2.55. The van der Waals surface area contributed by atoms with Gasteiger partial charge in [-0.2, -0.15) is 0 Å². The zero-order valence-corrected chi connectivity index (χ0v) is 12.2. The van der Waals surface area contributed by atoms with Crippen LogP contribution in [0.15, 0.2) is 18.2 Å². The van der Waals surface area contributed by atoms with Crippen molar-refractivity contribution in [2.24, 2.45) is 5.73 Å². The minimum atomic E-state index is -0.691. The zero-order chi connectivity index (χ0) is 14.4. The minimum absolute atomic E-state index is 0.151. The molecule has 0 radical (unpaired) electrons. The van der Waals surface area contributed by atoms with E-state index in [9.17, 15) is 4.39 Å². The molecule has 0 bridgehead atoms. The van der Waals surface area contributed by atoms with Gasteiger partial charge in [0.05, 0.1) is 11.2 Å². The Bertz CT molecular complexity index is 472. The van der Waals surface area contributed by atoms with Crippen LogP contribution in [0.2, 0.25) is 0 Å². The molecule has 1 fully saturated rings. The fourth-order valence-corrected chi connectivity index (χ4v) is 2.00. The highest BCUT2D eigenvalue weighted by Crippen LogP contribution is 2.36. The van der Waals surface area contributed by atoms with Crippen molar-refractivity contribution in [2.75, 3.05) is 0 Å². The normalized spacial score (nSPS) is 22.6. The summed E-state index contributed by atoms with van der Waals surface area (Å²) in [5.41, 5.74) is 6.16. The Kier molecular flexibility index (Phi) is 3.50. The van der Waals surface area contributed by atoms with Gasteiger partial charge in [-0.25, -0.2) is 4.39 Å². The number of benzene rings is 1. The fourth-order valence-electron chi connectivity index (χ4n) is 2.00. The summed E-state index contributed by atoms with van der Waals surface area (Å²) in [5, 5.41) is 0. The SMILES string of the molecule is CC(N)c1ccc(F)c(B2OC(C)(C)C(C)(C)O2)c1. The van der Waals surface area contributed by atoms with Crippen molar-refractivity contribution in [1.29, 1.82) is 0 Å². The van der Waals surface area contributed by atoms with Gasteiger partial charge in [-0.3, -0.25) is 0 Å². The van der Waals surface area contributed by atoms with Gasteiger partial charge in [0.1, 0.15) is 5.82 Å². The van der Waals surface area contributed by atoms with Crippen LogP contribution < -0.4 is 11.2 Å². The molecule has 3 nitrogen and oxygen atoms in total. The lowest BCUT2D eigenvalue weighted by atomic mass is 9.77. The highest BCUT2D eigenvalue weighted by atomic mass is 19.1. The van der Waals surface area contributed by atoms with Gasteiger partial charge < -0.3 is 15.0 Å². The van der Waals surface area contributed by atoms with E-state index in [1.807, 2.05) is 34.6 Å². The maximum Gasteiger partial charge on any atom is 0.497 e. The molecule has 1 heterocycles. The molecule has 1 saturated heterocycles. The Morgan fingerprint density at radius 3 is 2.16 bits per heavy atom. The van der Waals surface area contributed by atoms with Gasteiger partial charge in [0.25, 0.3) is 0 Å². The molecule has 19 heavy (non-hydrogen) atoms. The van der Waals surface area contributed by atoms with Crippen LogP contribution in [0.4, 0.5) is 4.39 Å². The molecule has 0 aromatic heterocycles. The molecule has 2 rings (SSSR count). The summed E-state index contributed by atoms with van der Waals surface area (Å²) < 4.78 is 25.7. The Morgan fingerprint density at radius 1 is 1.16 bits per heavy atom. The minimum Gasteiger partial charge on any atom is -0.399 e. The summed E-state index contributed by atoms with van der Waals surface area (Å²) in [6.07, 6.45) is 0. The molecule has 1 aliphatic heterocycles. The Hall–Kier alpha value is -0.905. The molecule has 0 spiro atoms. The smallest absolute Gasteiger partial charge is 0.399 e. The molecule has 2 N–H and O–H groups in total. The molecule has 0 aliphatic carbocycles. The monoisotopic (exact) mass is 265 g/mol. The Balaban J connectivity index is 2.36. The second kappa shape index (κ2) is 4.58. The highest BCUT2D eigenvalue weighted by Gasteiger charge is 2.52. The topological polar surface area (TPSA) is 44.5 Å². The number of rotatable bonds is 2. The predicted molar refractivity (Wildman–Crippen MR) is 74.7 cm³/mol. The van der Waals surface area contributed by atoms with Gasteiger partial charge in [-0.15, -0.1) is 0 Å². The van der Waals surface area contributed by atoms with Gasteiger partial charge in [-0.1, -0.05) is 12.1 Å². The first kappa shape index (κ1) is 14.5. The van der Waals surface area contributed by atoms with Crippen LogP contribution in [0.25, 0.3) is 0 Å². The molecule has 1 unspecified atom stereocenters. The van der Waals surface area contributed by atoms with E-state index >= 15 is 0 Å². The third-order valence-corrected chi connectivity index (χ3v) is 4.05. The first-order valence-corrected chi connectivity index (χ1v) is 6.54. The van der Waals surface area contributed by atoms with Crippen molar-refractivity contribution < 1.29 is 13.7 Å². The van der Waals surface area contributed by atoms with Gasteiger partial charge in [0, 0.05) is 11.5 Å². The average molecular weight is 265 g/mol. The summed E-state index contributed by atoms with van der Waals surface area (Å²) in [4.78, 5) is 0. The molecule has 5 heteroatoms. The molecule has 1 atom stereocenters. The van der Waals surface area contributed by atoms with Crippen molar-refractivity contribution in [1.82, 2.24) is 0 Å². The second-order valence-electron chi connectivity index (χ2n) is 6.16. The van der Waals surface area contributed by atoms with Gasteiger partial charge in [0.15, 0.2) is 0 Å². The highest BCUT2D eigenvalue weighted by molar-refractivity contribution is 6.62. The fraction of sp³-hybridized carbons (Fsp3) is 0.571. The van der Waals surface area contributed by atoms with E-state index in [-0.39, 0.29) is 11.9 Å². The molecule has 1 aromatic carbocycles. The van der Waals surface area contributed by atoms with Gasteiger partial charge in [0.2, 0.25) is 0 Å². The standard InChI is InChI=1S/C14H21BFNO2/c1-9(17)10-6-7-12(16)11(8-10)15-18-13(2,3)14(4,5)19-15/h6-9H,17H2,1-5H3. The van der Waals surface area contributed by atoms with E-state index in [4.69, 9.17) is 15.0 Å². The van der Waals surface area contributed by atoms with Crippen LogP contribution in [0.1, 0.15) is 46.2 Å². The zero-order valence-electron chi connectivity index (χ0n) is 12.2. The molecule has 0 amide bonds. The number of hydrogen-bond acceptors (Lipinski definition) is 3. The van der Waals surface area contributed by atoms with Crippen molar-refractivity contribution in [2.45, 2.75) is 51.9 Å². The van der Waals surface area contributed by atoms with Crippen molar-refractivity contribution in [3.05, 3.63) is 29.6 Å². The van der Waals surface area contributed by atoms with Crippen LogP contribution in [0.3, 0.4) is 0 Å². The largest absolute Gasteiger partial charge is 0.497 e. The van der Waals surface area contributed by atoms with Crippen LogP contribution in [-0.4, -0.2) is 18.3 Å².